The predicted octanol–water partition coefficient (Wildman–Crippen LogP) is 1.71. The third-order valence-electron chi connectivity index (χ3n) is 3.83. The van der Waals surface area contributed by atoms with Crippen molar-refractivity contribution in [3.8, 4) is 5.75 Å². The molecule has 0 radical (unpaired) electrons. The first kappa shape index (κ1) is 16.1. The van der Waals surface area contributed by atoms with Gasteiger partial charge in [0, 0.05) is 44.7 Å². The Morgan fingerprint density at radius 3 is 2.36 bits per heavy atom. The van der Waals surface area contributed by atoms with Crippen molar-refractivity contribution in [2.75, 3.05) is 33.3 Å². The Kier molecular flexibility index (Phi) is 5.20. The lowest BCUT2D eigenvalue weighted by atomic mass is 10.1. The lowest BCUT2D eigenvalue weighted by molar-refractivity contribution is -0.135. The summed E-state index contributed by atoms with van der Waals surface area (Å²) in [5.41, 5.74) is 2.00. The smallest absolute Gasteiger partial charge is 0.246 e. The number of benzene rings is 1. The zero-order valence-electron chi connectivity index (χ0n) is 13.3. The third-order valence-corrected chi connectivity index (χ3v) is 3.83. The average Bonchev–Trinajstić information content (AvgIpc) is 2.52. The van der Waals surface area contributed by atoms with Crippen molar-refractivity contribution < 1.29 is 14.3 Å². The molecule has 2 amide bonds. The third kappa shape index (κ3) is 3.87. The fraction of sp³-hybridized carbons (Fsp3) is 0.412. The van der Waals surface area contributed by atoms with Gasteiger partial charge in [-0.3, -0.25) is 9.59 Å². The van der Waals surface area contributed by atoms with Crippen LogP contribution in [0, 0.1) is 6.92 Å². The fourth-order valence-electron chi connectivity index (χ4n) is 2.49. The molecule has 1 fully saturated rings. The SMILES string of the molecule is COc1ccc(C)cc1/C=C/C(=O)N1CCN(C(C)=O)CC1. The molecule has 1 aromatic rings. The molecule has 0 bridgehead atoms. The van der Waals surface area contributed by atoms with Crippen molar-refractivity contribution in [3.05, 3.63) is 35.4 Å². The van der Waals surface area contributed by atoms with Gasteiger partial charge >= 0.3 is 0 Å². The molecule has 0 N–H and O–H groups in total. The molecular weight excluding hydrogens is 280 g/mol. The van der Waals surface area contributed by atoms with Gasteiger partial charge in [-0.25, -0.2) is 0 Å². The molecule has 1 heterocycles. The van der Waals surface area contributed by atoms with Crippen LogP contribution >= 0.6 is 0 Å². The molecule has 1 aliphatic rings. The standard InChI is InChI=1S/C17H22N2O3/c1-13-4-6-16(22-3)15(12-13)5-7-17(21)19-10-8-18(9-11-19)14(2)20/h4-7,12H,8-11H2,1-3H3/b7-5+. The van der Waals surface area contributed by atoms with Gasteiger partial charge in [0.2, 0.25) is 11.8 Å². The monoisotopic (exact) mass is 302 g/mol. The highest BCUT2D eigenvalue weighted by molar-refractivity contribution is 5.92. The van der Waals surface area contributed by atoms with Gasteiger partial charge in [0.1, 0.15) is 5.75 Å². The average molecular weight is 302 g/mol. The molecule has 1 saturated heterocycles. The largest absolute Gasteiger partial charge is 0.496 e. The lowest BCUT2D eigenvalue weighted by Gasteiger charge is -2.33. The summed E-state index contributed by atoms with van der Waals surface area (Å²) < 4.78 is 5.30. The molecule has 0 aromatic heterocycles. The van der Waals surface area contributed by atoms with Crippen molar-refractivity contribution >= 4 is 17.9 Å². The van der Waals surface area contributed by atoms with E-state index in [0.717, 1.165) is 16.9 Å². The highest BCUT2D eigenvalue weighted by atomic mass is 16.5. The van der Waals surface area contributed by atoms with Crippen LogP contribution in [0.2, 0.25) is 0 Å². The van der Waals surface area contributed by atoms with Crippen molar-refractivity contribution in [1.29, 1.82) is 0 Å². The van der Waals surface area contributed by atoms with E-state index in [1.807, 2.05) is 25.1 Å². The Balaban J connectivity index is 2.00. The summed E-state index contributed by atoms with van der Waals surface area (Å²) in [4.78, 5) is 27.0. The van der Waals surface area contributed by atoms with Crippen molar-refractivity contribution in [2.45, 2.75) is 13.8 Å². The van der Waals surface area contributed by atoms with Gasteiger partial charge in [-0.1, -0.05) is 11.6 Å². The molecule has 22 heavy (non-hydrogen) atoms. The zero-order chi connectivity index (χ0) is 16.1. The maximum atomic E-state index is 12.2. The van der Waals surface area contributed by atoms with Crippen LogP contribution in [-0.4, -0.2) is 54.9 Å². The summed E-state index contributed by atoms with van der Waals surface area (Å²) >= 11 is 0. The van der Waals surface area contributed by atoms with Crippen LogP contribution in [0.4, 0.5) is 0 Å². The maximum Gasteiger partial charge on any atom is 0.246 e. The second kappa shape index (κ2) is 7.11. The van der Waals surface area contributed by atoms with Crippen molar-refractivity contribution in [1.82, 2.24) is 9.80 Å². The van der Waals surface area contributed by atoms with E-state index in [4.69, 9.17) is 4.74 Å². The molecule has 1 aliphatic heterocycles. The second-order valence-corrected chi connectivity index (χ2v) is 5.41. The van der Waals surface area contributed by atoms with E-state index in [1.54, 1.807) is 36.0 Å². The van der Waals surface area contributed by atoms with Crippen molar-refractivity contribution in [3.63, 3.8) is 0 Å². The van der Waals surface area contributed by atoms with Crippen LogP contribution in [0.1, 0.15) is 18.1 Å². The van der Waals surface area contributed by atoms with Crippen LogP contribution < -0.4 is 4.74 Å². The Hall–Kier alpha value is -2.30. The number of nitrogens with zero attached hydrogens (tertiary/aromatic N) is 2. The van der Waals surface area contributed by atoms with E-state index in [2.05, 4.69) is 0 Å². The Labute approximate surface area is 131 Å². The normalized spacial score (nSPS) is 15.2. The molecule has 2 rings (SSSR count). The molecule has 5 heteroatoms. The molecule has 118 valence electrons. The maximum absolute atomic E-state index is 12.2. The van der Waals surface area contributed by atoms with Gasteiger partial charge in [0.05, 0.1) is 7.11 Å². The van der Waals surface area contributed by atoms with Crippen LogP contribution in [0.25, 0.3) is 6.08 Å². The number of methoxy groups -OCH3 is 1. The van der Waals surface area contributed by atoms with Crippen LogP contribution in [-0.2, 0) is 9.59 Å². The Morgan fingerprint density at radius 1 is 1.14 bits per heavy atom. The van der Waals surface area contributed by atoms with Crippen molar-refractivity contribution in [2.24, 2.45) is 0 Å². The summed E-state index contributed by atoms with van der Waals surface area (Å²) in [5.74, 6) is 0.773. The van der Waals surface area contributed by atoms with Gasteiger partial charge in [-0.15, -0.1) is 0 Å². The number of piperazine rings is 1. The first-order chi connectivity index (χ1) is 10.5. The van der Waals surface area contributed by atoms with Crippen LogP contribution in [0.15, 0.2) is 24.3 Å². The highest BCUT2D eigenvalue weighted by Gasteiger charge is 2.20. The Morgan fingerprint density at radius 2 is 1.77 bits per heavy atom. The van der Waals surface area contributed by atoms with E-state index >= 15 is 0 Å². The summed E-state index contributed by atoms with van der Waals surface area (Å²) in [6, 6.07) is 5.85. The first-order valence-corrected chi connectivity index (χ1v) is 7.38. The topological polar surface area (TPSA) is 49.9 Å². The molecule has 0 unspecified atom stereocenters. The lowest BCUT2D eigenvalue weighted by Crippen LogP contribution is -2.49. The molecule has 0 saturated carbocycles. The molecule has 1 aromatic carbocycles. The van der Waals surface area contributed by atoms with Gasteiger partial charge in [0.15, 0.2) is 0 Å². The van der Waals surface area contributed by atoms with E-state index in [1.165, 1.54) is 0 Å². The van der Waals surface area contributed by atoms with E-state index in [0.29, 0.717) is 26.2 Å². The number of carbonyl (C=O) groups excluding carboxylic acids is 2. The minimum Gasteiger partial charge on any atom is -0.496 e. The van der Waals surface area contributed by atoms with Crippen LogP contribution in [0.5, 0.6) is 5.75 Å². The Bertz CT molecular complexity index is 588. The molecular formula is C17H22N2O3. The summed E-state index contributed by atoms with van der Waals surface area (Å²) in [6.07, 6.45) is 3.35. The van der Waals surface area contributed by atoms with Gasteiger partial charge < -0.3 is 14.5 Å². The minimum atomic E-state index is -0.0354. The minimum absolute atomic E-state index is 0.0354. The summed E-state index contributed by atoms with van der Waals surface area (Å²) in [7, 11) is 1.62. The van der Waals surface area contributed by atoms with E-state index in [9.17, 15) is 9.59 Å². The van der Waals surface area contributed by atoms with Gasteiger partial charge in [-0.2, -0.15) is 0 Å². The number of ether oxygens (including phenoxy) is 1. The number of rotatable bonds is 3. The highest BCUT2D eigenvalue weighted by Crippen LogP contribution is 2.21. The van der Waals surface area contributed by atoms with Crippen LogP contribution in [0.3, 0.4) is 0 Å². The van der Waals surface area contributed by atoms with Gasteiger partial charge in [-0.05, 0) is 25.1 Å². The number of carbonyl (C=O) groups is 2. The number of amides is 2. The summed E-state index contributed by atoms with van der Waals surface area (Å²) in [6.45, 7) is 5.91. The fourth-order valence-corrected chi connectivity index (χ4v) is 2.49. The second-order valence-electron chi connectivity index (χ2n) is 5.41. The molecule has 0 aliphatic carbocycles. The zero-order valence-corrected chi connectivity index (χ0v) is 13.3. The first-order valence-electron chi connectivity index (χ1n) is 7.38. The predicted molar refractivity (Wildman–Crippen MR) is 85.6 cm³/mol. The summed E-state index contributed by atoms with van der Waals surface area (Å²) in [5, 5.41) is 0. The van der Waals surface area contributed by atoms with E-state index in [-0.39, 0.29) is 11.8 Å². The number of hydrogen-bond donors (Lipinski definition) is 0. The molecule has 0 spiro atoms. The number of aryl methyl sites for hydroxylation is 1. The van der Waals surface area contributed by atoms with Gasteiger partial charge in [0.25, 0.3) is 0 Å². The number of hydrogen-bond acceptors (Lipinski definition) is 3. The molecule has 0 atom stereocenters. The quantitative estimate of drug-likeness (QED) is 0.799. The molecule has 5 nitrogen and oxygen atoms in total. The van der Waals surface area contributed by atoms with E-state index < -0.39 is 0 Å².